The number of esters is 2. The Bertz CT molecular complexity index is 2460. The molecule has 4 saturated carbocycles. The molecule has 0 radical (unpaired) electrons. The van der Waals surface area contributed by atoms with Crippen LogP contribution >= 0.6 is 0 Å². The van der Waals surface area contributed by atoms with Crippen LogP contribution in [0.3, 0.4) is 0 Å². The van der Waals surface area contributed by atoms with E-state index in [0.717, 1.165) is 5.57 Å². The van der Waals surface area contributed by atoms with Crippen LogP contribution in [0.15, 0.2) is 23.3 Å². The maximum Gasteiger partial charge on any atom is 0.335 e. The molecule has 26 heteroatoms. The lowest BCUT2D eigenvalue weighted by atomic mass is 9.33. The Morgan fingerprint density at radius 1 is 0.667 bits per heavy atom. The molecule has 0 aromatic heterocycles. The normalized spacial score (nSPS) is 51.2. The van der Waals surface area contributed by atoms with Crippen LogP contribution < -0.4 is 0 Å². The number of aliphatic hydroxyl groups is 12. The van der Waals surface area contributed by atoms with E-state index in [1.165, 1.54) is 7.11 Å². The predicted octanol–water partition coefficient (Wildman–Crippen LogP) is -1.58. The van der Waals surface area contributed by atoms with E-state index in [1.54, 1.807) is 26.8 Å². The van der Waals surface area contributed by atoms with Gasteiger partial charge in [0.1, 0.15) is 85.5 Å². The van der Waals surface area contributed by atoms with Gasteiger partial charge in [0.15, 0.2) is 31.3 Å². The quantitative estimate of drug-likeness (QED) is 0.0404. The fourth-order valence-electron chi connectivity index (χ4n) is 16.9. The van der Waals surface area contributed by atoms with Gasteiger partial charge < -0.3 is 114 Å². The third-order valence-electron chi connectivity index (χ3n) is 22.0. The minimum Gasteiger partial charge on any atom is -0.479 e. The molecule has 9 aliphatic rings. The number of carboxylic acid groups (broad SMARTS) is 1. The van der Waals surface area contributed by atoms with E-state index in [1.807, 2.05) is 0 Å². The summed E-state index contributed by atoms with van der Waals surface area (Å²) in [5.74, 6) is -4.01. The van der Waals surface area contributed by atoms with Gasteiger partial charge in [-0.25, -0.2) is 9.59 Å². The molecule has 8 fully saturated rings. The van der Waals surface area contributed by atoms with Crippen molar-refractivity contribution in [1.82, 2.24) is 0 Å². The van der Waals surface area contributed by atoms with Gasteiger partial charge in [0.2, 0.25) is 0 Å². The van der Waals surface area contributed by atoms with Gasteiger partial charge in [-0.1, -0.05) is 52.3 Å². The monoisotopic (exact) mass is 1200 g/mol. The molecular weight excluding hydrogens is 1110 g/mol. The van der Waals surface area contributed by atoms with E-state index >= 15 is 0 Å². The zero-order valence-electron chi connectivity index (χ0n) is 49.1. The molecule has 4 aliphatic heterocycles. The molecule has 5 aliphatic carbocycles. The average molecular weight is 1200 g/mol. The molecule has 9 rings (SSSR count). The van der Waals surface area contributed by atoms with E-state index < -0.39 is 206 Å². The van der Waals surface area contributed by atoms with Crippen molar-refractivity contribution in [2.24, 2.45) is 50.2 Å². The maximum atomic E-state index is 14.9. The number of allylic oxidation sites excluding steroid dienone is 3. The fraction of sp³-hybridized carbons (Fsp3) is 0.879. The van der Waals surface area contributed by atoms with Crippen molar-refractivity contribution >= 4 is 17.9 Å². The van der Waals surface area contributed by atoms with Crippen LogP contribution in [0, 0.1) is 50.2 Å². The first-order valence-electron chi connectivity index (χ1n) is 29.4. The zero-order valence-corrected chi connectivity index (χ0v) is 49.1. The topological polar surface area (TPSA) is 407 Å². The second-order valence-corrected chi connectivity index (χ2v) is 27.0. The molecule has 4 heterocycles. The lowest BCUT2D eigenvalue weighted by molar-refractivity contribution is -0.399. The van der Waals surface area contributed by atoms with Crippen molar-refractivity contribution in [3.8, 4) is 0 Å². The number of aliphatic carboxylic acids is 1. The third kappa shape index (κ3) is 10.6. The van der Waals surface area contributed by atoms with Gasteiger partial charge in [-0.2, -0.15) is 0 Å². The average Bonchev–Trinajstić information content (AvgIpc) is 0.694. The number of fused-ring (bicyclic) bond motifs is 7. The molecule has 4 saturated heterocycles. The summed E-state index contributed by atoms with van der Waals surface area (Å²) in [5.41, 5.74) is -3.50. The smallest absolute Gasteiger partial charge is 0.335 e. The summed E-state index contributed by atoms with van der Waals surface area (Å²) in [7, 11) is 1.23. The number of ether oxygens (including phenoxy) is 10. The van der Waals surface area contributed by atoms with Crippen molar-refractivity contribution in [2.75, 3.05) is 33.5 Å². The number of hydrogen-bond donors (Lipinski definition) is 13. The second-order valence-electron chi connectivity index (χ2n) is 27.0. The number of carbonyl (C=O) groups is 3. The van der Waals surface area contributed by atoms with Crippen LogP contribution in [-0.4, -0.2) is 247 Å². The third-order valence-corrected chi connectivity index (χ3v) is 22.0. The molecule has 0 aromatic carbocycles. The summed E-state index contributed by atoms with van der Waals surface area (Å²) in [6.07, 6.45) is -30.7. The SMILES string of the molecule is CC=C(C)C(=O)OC1CC(C)(C)CC2C3=CCC4C5(C)CCC(OC6OC(C(=O)O)C(O)C(OC7OCC(O)C(O)C7OC7OCC(O)C(O)C7O)C6OC6OC(CO)C(O)C(O)C6O)C(C)(C(=O)OC)C5CCC4(C)C3(C)CC(O)C12CO. The largest absolute Gasteiger partial charge is 0.479 e. The minimum atomic E-state index is -2.29. The Morgan fingerprint density at radius 2 is 1.30 bits per heavy atom. The highest BCUT2D eigenvalue weighted by Crippen LogP contribution is 2.76. The van der Waals surface area contributed by atoms with E-state index in [9.17, 15) is 80.8 Å². The molecule has 13 N–H and O–H groups in total. The van der Waals surface area contributed by atoms with Gasteiger partial charge in [0.05, 0.1) is 56.6 Å². The maximum absolute atomic E-state index is 14.9. The van der Waals surface area contributed by atoms with Crippen LogP contribution in [0.25, 0.3) is 0 Å². The van der Waals surface area contributed by atoms with E-state index in [4.69, 9.17) is 47.4 Å². The predicted molar refractivity (Wildman–Crippen MR) is 284 cm³/mol. The summed E-state index contributed by atoms with van der Waals surface area (Å²) in [5, 5.41) is 144. The number of hydrogen-bond acceptors (Lipinski definition) is 25. The summed E-state index contributed by atoms with van der Waals surface area (Å²) in [4.78, 5) is 41.6. The fourth-order valence-corrected chi connectivity index (χ4v) is 16.9. The van der Waals surface area contributed by atoms with Crippen LogP contribution in [0.5, 0.6) is 0 Å². The van der Waals surface area contributed by atoms with Gasteiger partial charge in [-0.15, -0.1) is 0 Å². The van der Waals surface area contributed by atoms with Gasteiger partial charge in [-0.3, -0.25) is 4.79 Å². The highest BCUT2D eigenvalue weighted by Gasteiger charge is 2.73. The highest BCUT2D eigenvalue weighted by molar-refractivity contribution is 5.87. The number of carbonyl (C=O) groups excluding carboxylic acids is 2. The van der Waals surface area contributed by atoms with Crippen molar-refractivity contribution < 1.29 is 128 Å². The Morgan fingerprint density at radius 3 is 1.93 bits per heavy atom. The number of methoxy groups -OCH3 is 1. The van der Waals surface area contributed by atoms with Gasteiger partial charge in [0, 0.05) is 5.57 Å². The van der Waals surface area contributed by atoms with Gasteiger partial charge in [0.25, 0.3) is 0 Å². The van der Waals surface area contributed by atoms with E-state index in [-0.39, 0.29) is 30.1 Å². The van der Waals surface area contributed by atoms with Crippen LogP contribution in [0.2, 0.25) is 0 Å². The molecule has 29 atom stereocenters. The van der Waals surface area contributed by atoms with Crippen LogP contribution in [0.4, 0.5) is 0 Å². The van der Waals surface area contributed by atoms with E-state index in [0.29, 0.717) is 44.1 Å². The lowest BCUT2D eigenvalue weighted by Crippen LogP contribution is -2.70. The first-order chi connectivity index (χ1) is 39.3. The van der Waals surface area contributed by atoms with Crippen molar-refractivity contribution in [3.63, 3.8) is 0 Å². The van der Waals surface area contributed by atoms with Gasteiger partial charge in [-0.05, 0) is 112 Å². The number of rotatable bonds is 14. The molecule has 0 amide bonds. The number of aliphatic hydroxyl groups excluding tert-OH is 12. The first-order valence-corrected chi connectivity index (χ1v) is 29.4. The molecule has 478 valence electrons. The highest BCUT2D eigenvalue weighted by atomic mass is 16.8. The molecule has 26 nitrogen and oxygen atoms in total. The standard InChI is InChI=1S/C58H90O26/c1-10-24(2)47(73)79-34-19-53(3,4)17-26-25-11-12-30-54(5)15-14-33(57(8,52(74)75-9)31(54)13-16-55(30,6)56(25,7)18-32(63)58(26,34)23-60)80-51-45(84-49-40(69)38(67)37(66)29(20-59)78-49)42(41(70)43(82-51)46(71)72)81-50-44(36(65)28(62)22-77-50)83-48-39(68)35(64)27(61)21-76-48/h10-11,26-45,48-51,59-70H,12-23H2,1-9H3,(H,71,72). The molecule has 0 bridgehead atoms. The molecule has 0 aromatic rings. The summed E-state index contributed by atoms with van der Waals surface area (Å²) >= 11 is 0. The Kier molecular flexibility index (Phi) is 18.8. The minimum absolute atomic E-state index is 0.0820. The number of carboxylic acids is 1. The molecule has 0 spiro atoms. The summed E-state index contributed by atoms with van der Waals surface area (Å²) < 4.78 is 60.3. The van der Waals surface area contributed by atoms with Crippen LogP contribution in [-0.2, 0) is 61.8 Å². The Hall–Kier alpha value is -2.91. The molecule has 29 unspecified atom stereocenters. The van der Waals surface area contributed by atoms with Crippen molar-refractivity contribution in [1.29, 1.82) is 0 Å². The van der Waals surface area contributed by atoms with E-state index in [2.05, 4.69) is 40.7 Å². The second kappa shape index (κ2) is 24.1. The van der Waals surface area contributed by atoms with Crippen molar-refractivity contribution in [2.45, 2.75) is 236 Å². The van der Waals surface area contributed by atoms with Crippen LogP contribution in [0.1, 0.15) is 107 Å². The lowest BCUT2D eigenvalue weighted by Gasteiger charge is -2.72. The Labute approximate surface area is 487 Å². The summed E-state index contributed by atoms with van der Waals surface area (Å²) in [6, 6.07) is 0. The first kappa shape index (κ1) is 65.5. The molecule has 84 heavy (non-hydrogen) atoms. The Balaban J connectivity index is 1.07. The van der Waals surface area contributed by atoms with Gasteiger partial charge >= 0.3 is 17.9 Å². The van der Waals surface area contributed by atoms with Crippen molar-refractivity contribution in [3.05, 3.63) is 23.3 Å². The molecular formula is C58H90O26. The zero-order chi connectivity index (χ0) is 61.7. The summed E-state index contributed by atoms with van der Waals surface area (Å²) in [6.45, 7) is 13.3.